The van der Waals surface area contributed by atoms with Crippen molar-refractivity contribution in [2.45, 2.75) is 206 Å². The predicted octanol–water partition coefficient (Wildman–Crippen LogP) is 11.7. The standard InChI is InChI=1S/C45H87N2O6P/c1-6-8-10-12-14-16-18-20-22-24-26-28-30-32-34-36-38-44(48)43(42-53-54(50,51)52-41-40-47(3,4)5)46-45(49)39-37-35-33-31-29-27-25-23-21-19-17-15-13-11-9-7-2/h20,22,28,30,36,38,43-44,48H,6-19,21,23-27,29,31-35,37,39-42H2,1-5H3,(H-,46,49,50,51)/b22-20+,30-28+,38-36+. The van der Waals surface area contributed by atoms with Gasteiger partial charge in [0.25, 0.3) is 7.82 Å². The molecule has 0 heterocycles. The molecule has 0 bridgehead atoms. The Morgan fingerprint density at radius 2 is 1.04 bits per heavy atom. The molecule has 0 aliphatic rings. The molecule has 9 heteroatoms. The van der Waals surface area contributed by atoms with E-state index in [-0.39, 0.29) is 12.5 Å². The van der Waals surface area contributed by atoms with Crippen molar-refractivity contribution in [2.75, 3.05) is 40.9 Å². The number of nitrogens with zero attached hydrogens (tertiary/aromatic N) is 1. The van der Waals surface area contributed by atoms with E-state index in [1.54, 1.807) is 6.08 Å². The first-order valence-corrected chi connectivity index (χ1v) is 23.8. The SMILES string of the molecule is CCCCCCCC/C=C/CC/C=C/CC/C=C/C(O)C(COP(=O)([O-])OCC[N+](C)(C)C)NC(=O)CCCCCCCCCCCCCCCCCC. The van der Waals surface area contributed by atoms with Crippen LogP contribution in [0.2, 0.25) is 0 Å². The lowest BCUT2D eigenvalue weighted by Crippen LogP contribution is -2.45. The van der Waals surface area contributed by atoms with Gasteiger partial charge in [-0.2, -0.15) is 0 Å². The lowest BCUT2D eigenvalue weighted by Gasteiger charge is -2.29. The van der Waals surface area contributed by atoms with Gasteiger partial charge >= 0.3 is 0 Å². The molecule has 0 saturated carbocycles. The van der Waals surface area contributed by atoms with Gasteiger partial charge in [0.15, 0.2) is 0 Å². The first kappa shape index (κ1) is 52.7. The summed E-state index contributed by atoms with van der Waals surface area (Å²) in [5, 5.41) is 13.7. The summed E-state index contributed by atoms with van der Waals surface area (Å²) in [7, 11) is 1.24. The fourth-order valence-electron chi connectivity index (χ4n) is 6.24. The Bertz CT molecular complexity index is 980. The van der Waals surface area contributed by atoms with Gasteiger partial charge in [-0.05, 0) is 44.9 Å². The fraction of sp³-hybridized carbons (Fsp3) is 0.844. The van der Waals surface area contributed by atoms with Crippen molar-refractivity contribution < 1.29 is 32.9 Å². The van der Waals surface area contributed by atoms with E-state index in [2.05, 4.69) is 43.5 Å². The second kappa shape index (κ2) is 37.3. The molecule has 0 radical (unpaired) electrons. The molecule has 8 nitrogen and oxygen atoms in total. The number of amides is 1. The van der Waals surface area contributed by atoms with Gasteiger partial charge in [-0.3, -0.25) is 9.36 Å². The largest absolute Gasteiger partial charge is 0.756 e. The van der Waals surface area contributed by atoms with Gasteiger partial charge in [0.2, 0.25) is 5.91 Å². The highest BCUT2D eigenvalue weighted by Crippen LogP contribution is 2.38. The monoisotopic (exact) mass is 783 g/mol. The van der Waals surface area contributed by atoms with Gasteiger partial charge in [0.1, 0.15) is 13.2 Å². The molecule has 0 saturated heterocycles. The molecule has 0 aliphatic carbocycles. The van der Waals surface area contributed by atoms with Crippen LogP contribution in [0.3, 0.4) is 0 Å². The van der Waals surface area contributed by atoms with E-state index in [4.69, 9.17) is 9.05 Å². The van der Waals surface area contributed by atoms with Crippen LogP contribution in [0.4, 0.5) is 0 Å². The predicted molar refractivity (Wildman–Crippen MR) is 228 cm³/mol. The van der Waals surface area contributed by atoms with Gasteiger partial charge in [0.05, 0.1) is 39.9 Å². The second-order valence-corrected chi connectivity index (χ2v) is 17.8. The number of likely N-dealkylation sites (N-methyl/N-ethyl adjacent to an activating group) is 1. The third-order valence-electron chi connectivity index (χ3n) is 9.83. The van der Waals surface area contributed by atoms with Crippen LogP contribution in [0, 0.1) is 0 Å². The molecular weight excluding hydrogens is 695 g/mol. The van der Waals surface area contributed by atoms with E-state index < -0.39 is 26.6 Å². The van der Waals surface area contributed by atoms with Crippen LogP contribution < -0.4 is 10.2 Å². The molecule has 3 unspecified atom stereocenters. The molecule has 0 aliphatic heterocycles. The summed E-state index contributed by atoms with van der Waals surface area (Å²) < 4.78 is 23.2. The number of allylic oxidation sites excluding steroid dienone is 5. The van der Waals surface area contributed by atoms with Crippen LogP contribution >= 0.6 is 7.82 Å². The molecule has 0 spiro atoms. The van der Waals surface area contributed by atoms with Crippen LogP contribution in [0.1, 0.15) is 194 Å². The summed E-state index contributed by atoms with van der Waals surface area (Å²) in [4.78, 5) is 25.3. The second-order valence-electron chi connectivity index (χ2n) is 16.4. The Kier molecular flexibility index (Phi) is 36.4. The summed E-state index contributed by atoms with van der Waals surface area (Å²) in [5.74, 6) is -0.211. The topological polar surface area (TPSA) is 108 Å². The maximum atomic E-state index is 12.8. The number of hydrogen-bond donors (Lipinski definition) is 2. The zero-order chi connectivity index (χ0) is 40.0. The number of aliphatic hydroxyl groups is 1. The molecule has 318 valence electrons. The Balaban J connectivity index is 4.49. The third kappa shape index (κ3) is 39.0. The Morgan fingerprint density at radius 1 is 0.630 bits per heavy atom. The summed E-state index contributed by atoms with van der Waals surface area (Å²) in [6.07, 6.45) is 44.7. The average molecular weight is 783 g/mol. The van der Waals surface area contributed by atoms with Crippen LogP contribution in [0.15, 0.2) is 36.5 Å². The van der Waals surface area contributed by atoms with E-state index in [0.29, 0.717) is 17.4 Å². The van der Waals surface area contributed by atoms with Crippen molar-refractivity contribution in [3.05, 3.63) is 36.5 Å². The van der Waals surface area contributed by atoms with Crippen molar-refractivity contribution in [1.29, 1.82) is 0 Å². The Hall–Kier alpha value is -1.28. The van der Waals surface area contributed by atoms with Crippen molar-refractivity contribution in [3.8, 4) is 0 Å². The number of hydrogen-bond acceptors (Lipinski definition) is 6. The normalized spacial score (nSPS) is 14.7. The van der Waals surface area contributed by atoms with Gasteiger partial charge in [0, 0.05) is 6.42 Å². The van der Waals surface area contributed by atoms with Crippen molar-refractivity contribution >= 4 is 13.7 Å². The lowest BCUT2D eigenvalue weighted by molar-refractivity contribution is -0.870. The molecule has 0 aromatic rings. The Labute approximate surface area is 334 Å². The minimum absolute atomic E-state index is 0.00792. The van der Waals surface area contributed by atoms with E-state index in [0.717, 1.165) is 44.9 Å². The number of carbonyl (C=O) groups excluding carboxylic acids is 1. The third-order valence-corrected chi connectivity index (χ3v) is 10.8. The van der Waals surface area contributed by atoms with Gasteiger partial charge < -0.3 is 28.8 Å². The molecule has 0 aromatic carbocycles. The molecular formula is C45H87N2O6P. The number of nitrogens with one attached hydrogen (secondary N) is 1. The number of phosphoric ester groups is 1. The summed E-state index contributed by atoms with van der Waals surface area (Å²) in [6.45, 7) is 4.61. The summed E-state index contributed by atoms with van der Waals surface area (Å²) >= 11 is 0. The lowest BCUT2D eigenvalue weighted by atomic mass is 10.0. The first-order chi connectivity index (χ1) is 26.0. The van der Waals surface area contributed by atoms with E-state index >= 15 is 0 Å². The number of rotatable bonds is 40. The minimum atomic E-state index is -4.59. The highest BCUT2D eigenvalue weighted by Gasteiger charge is 2.23. The maximum absolute atomic E-state index is 12.8. The summed E-state index contributed by atoms with van der Waals surface area (Å²) in [6, 6.07) is -0.905. The highest BCUT2D eigenvalue weighted by molar-refractivity contribution is 7.45. The number of quaternary nitrogens is 1. The van der Waals surface area contributed by atoms with Gasteiger partial charge in [-0.1, -0.05) is 179 Å². The average Bonchev–Trinajstić information content (AvgIpc) is 3.12. The van der Waals surface area contributed by atoms with E-state index in [1.165, 1.54) is 128 Å². The Morgan fingerprint density at radius 3 is 1.50 bits per heavy atom. The zero-order valence-corrected chi connectivity index (χ0v) is 36.8. The quantitative estimate of drug-likeness (QED) is 0.0277. The van der Waals surface area contributed by atoms with Gasteiger partial charge in [-0.15, -0.1) is 0 Å². The van der Waals surface area contributed by atoms with Gasteiger partial charge in [-0.25, -0.2) is 0 Å². The van der Waals surface area contributed by atoms with Crippen molar-refractivity contribution in [2.24, 2.45) is 0 Å². The smallest absolute Gasteiger partial charge is 0.268 e. The number of phosphoric acid groups is 1. The molecule has 54 heavy (non-hydrogen) atoms. The molecule has 2 N–H and O–H groups in total. The molecule has 0 aromatic heterocycles. The number of carbonyl (C=O) groups is 1. The minimum Gasteiger partial charge on any atom is -0.756 e. The number of aliphatic hydroxyl groups excluding tert-OH is 1. The molecule has 1 amide bonds. The molecule has 0 fully saturated rings. The first-order valence-electron chi connectivity index (χ1n) is 22.4. The number of unbranched alkanes of at least 4 members (excludes halogenated alkanes) is 23. The van der Waals surface area contributed by atoms with Crippen molar-refractivity contribution in [1.82, 2.24) is 5.32 Å². The molecule has 3 atom stereocenters. The van der Waals surface area contributed by atoms with Crippen LogP contribution in [-0.4, -0.2) is 68.5 Å². The fourth-order valence-corrected chi connectivity index (χ4v) is 6.97. The maximum Gasteiger partial charge on any atom is 0.268 e. The van der Waals surface area contributed by atoms with Crippen LogP contribution in [0.5, 0.6) is 0 Å². The zero-order valence-electron chi connectivity index (χ0n) is 35.9. The van der Waals surface area contributed by atoms with Crippen LogP contribution in [-0.2, 0) is 18.4 Å². The summed E-state index contributed by atoms with van der Waals surface area (Å²) in [5.41, 5.74) is 0. The van der Waals surface area contributed by atoms with E-state index in [9.17, 15) is 19.4 Å². The highest BCUT2D eigenvalue weighted by atomic mass is 31.2. The van der Waals surface area contributed by atoms with Crippen molar-refractivity contribution in [3.63, 3.8) is 0 Å². The van der Waals surface area contributed by atoms with Crippen LogP contribution in [0.25, 0.3) is 0 Å². The van der Waals surface area contributed by atoms with E-state index in [1.807, 2.05) is 27.2 Å². The molecule has 0 rings (SSSR count).